The molecular formula is C20H26N2O5S. The molecule has 28 heavy (non-hydrogen) atoms. The van der Waals surface area contributed by atoms with Gasteiger partial charge in [0.2, 0.25) is 15.9 Å². The van der Waals surface area contributed by atoms with Crippen LogP contribution in [0.4, 0.5) is 0 Å². The lowest BCUT2D eigenvalue weighted by molar-refractivity contribution is -0.133. The molecule has 3 aliphatic rings. The van der Waals surface area contributed by atoms with E-state index in [-0.39, 0.29) is 10.8 Å². The molecule has 0 aromatic heterocycles. The van der Waals surface area contributed by atoms with Crippen LogP contribution in [0.15, 0.2) is 35.2 Å². The van der Waals surface area contributed by atoms with Gasteiger partial charge in [-0.15, -0.1) is 0 Å². The monoisotopic (exact) mass is 406 g/mol. The van der Waals surface area contributed by atoms with Crippen molar-refractivity contribution in [3.63, 3.8) is 0 Å². The number of rotatable bonds is 4. The van der Waals surface area contributed by atoms with Crippen molar-refractivity contribution in [2.75, 3.05) is 39.4 Å². The van der Waals surface area contributed by atoms with Crippen molar-refractivity contribution < 1.29 is 22.7 Å². The van der Waals surface area contributed by atoms with Gasteiger partial charge in [-0.05, 0) is 30.9 Å². The first-order valence-corrected chi connectivity index (χ1v) is 11.3. The molecule has 1 atom stereocenters. The van der Waals surface area contributed by atoms with E-state index in [0.717, 1.165) is 19.3 Å². The van der Waals surface area contributed by atoms with Crippen LogP contribution in [-0.2, 0) is 14.8 Å². The number of sulfonamides is 1. The first-order valence-electron chi connectivity index (χ1n) is 9.88. The minimum atomic E-state index is -3.63. The van der Waals surface area contributed by atoms with Crippen LogP contribution < -0.4 is 9.47 Å². The van der Waals surface area contributed by atoms with Crippen molar-refractivity contribution >= 4 is 15.9 Å². The molecule has 4 rings (SSSR count). The Morgan fingerprint density at radius 3 is 2.54 bits per heavy atom. The Hall–Kier alpha value is -2.06. The highest BCUT2D eigenvalue weighted by atomic mass is 32.2. The largest absolute Gasteiger partial charge is 0.490 e. The van der Waals surface area contributed by atoms with Crippen molar-refractivity contribution in [3.8, 4) is 11.5 Å². The number of ether oxygens (including phenoxy) is 2. The Bertz CT molecular complexity index is 859. The number of benzene rings is 1. The molecule has 0 radical (unpaired) electrons. The Labute approximate surface area is 166 Å². The number of hydrogen-bond acceptors (Lipinski definition) is 5. The summed E-state index contributed by atoms with van der Waals surface area (Å²) in [4.78, 5) is 14.5. The second kappa shape index (κ2) is 8.13. The van der Waals surface area contributed by atoms with E-state index < -0.39 is 10.0 Å². The van der Waals surface area contributed by atoms with Gasteiger partial charge in [-0.1, -0.05) is 12.2 Å². The van der Waals surface area contributed by atoms with Crippen LogP contribution in [0.25, 0.3) is 0 Å². The maximum atomic E-state index is 13.0. The minimum Gasteiger partial charge on any atom is -0.490 e. The van der Waals surface area contributed by atoms with E-state index in [4.69, 9.17) is 9.47 Å². The summed E-state index contributed by atoms with van der Waals surface area (Å²) in [5, 5.41) is 0. The predicted molar refractivity (Wildman–Crippen MR) is 104 cm³/mol. The summed E-state index contributed by atoms with van der Waals surface area (Å²) in [7, 11) is -3.63. The third kappa shape index (κ3) is 4.03. The van der Waals surface area contributed by atoms with Gasteiger partial charge in [-0.25, -0.2) is 8.42 Å². The number of hydrogen-bond donors (Lipinski definition) is 0. The van der Waals surface area contributed by atoms with E-state index in [0.29, 0.717) is 63.2 Å². The average Bonchev–Trinajstić information content (AvgIpc) is 3.10. The van der Waals surface area contributed by atoms with Gasteiger partial charge in [0.15, 0.2) is 11.5 Å². The van der Waals surface area contributed by atoms with Gasteiger partial charge in [0.1, 0.15) is 0 Å². The maximum Gasteiger partial charge on any atom is 0.243 e. The van der Waals surface area contributed by atoms with Gasteiger partial charge in [0.05, 0.1) is 18.1 Å². The molecular weight excluding hydrogens is 380 g/mol. The van der Waals surface area contributed by atoms with Crippen LogP contribution in [-0.4, -0.2) is 62.9 Å². The van der Waals surface area contributed by atoms with Crippen LogP contribution in [0, 0.1) is 5.92 Å². The molecule has 1 aromatic rings. The van der Waals surface area contributed by atoms with Crippen LogP contribution >= 0.6 is 0 Å². The number of allylic oxidation sites excluding steroid dienone is 2. The van der Waals surface area contributed by atoms with Crippen LogP contribution in [0.3, 0.4) is 0 Å². The van der Waals surface area contributed by atoms with Crippen molar-refractivity contribution in [1.82, 2.24) is 9.21 Å². The van der Waals surface area contributed by atoms with Gasteiger partial charge < -0.3 is 14.4 Å². The summed E-state index contributed by atoms with van der Waals surface area (Å²) in [5.41, 5.74) is 0. The van der Waals surface area contributed by atoms with Crippen molar-refractivity contribution in [1.29, 1.82) is 0 Å². The molecule has 1 fully saturated rings. The lowest BCUT2D eigenvalue weighted by Gasteiger charge is -2.34. The fraction of sp³-hybridized carbons (Fsp3) is 0.550. The van der Waals surface area contributed by atoms with E-state index in [1.807, 2.05) is 0 Å². The zero-order valence-corrected chi connectivity index (χ0v) is 16.7. The SMILES string of the molecule is O=C(C[C@@H]1C=CCC1)N1CCN(S(=O)(=O)c2ccc3c(c2)OCCCO3)CC1. The van der Waals surface area contributed by atoms with Gasteiger partial charge in [-0.3, -0.25) is 4.79 Å². The Morgan fingerprint density at radius 1 is 1.07 bits per heavy atom. The summed E-state index contributed by atoms with van der Waals surface area (Å²) < 4.78 is 38.7. The highest BCUT2D eigenvalue weighted by molar-refractivity contribution is 7.89. The molecule has 7 nitrogen and oxygen atoms in total. The molecule has 8 heteroatoms. The number of carbonyl (C=O) groups excluding carboxylic acids is 1. The van der Waals surface area contributed by atoms with Gasteiger partial charge in [0.25, 0.3) is 0 Å². The van der Waals surface area contributed by atoms with Crippen LogP contribution in [0.1, 0.15) is 25.7 Å². The van der Waals surface area contributed by atoms with E-state index in [1.165, 1.54) is 4.31 Å². The second-order valence-corrected chi connectivity index (χ2v) is 9.35. The first kappa shape index (κ1) is 19.3. The second-order valence-electron chi connectivity index (χ2n) is 7.41. The van der Waals surface area contributed by atoms with Crippen molar-refractivity contribution in [3.05, 3.63) is 30.4 Å². The smallest absolute Gasteiger partial charge is 0.243 e. The quantitative estimate of drug-likeness (QED) is 0.716. The Morgan fingerprint density at radius 2 is 1.82 bits per heavy atom. The highest BCUT2D eigenvalue weighted by Gasteiger charge is 2.31. The molecule has 0 spiro atoms. The normalized spacial score (nSPS) is 22.9. The predicted octanol–water partition coefficient (Wildman–Crippen LogP) is 2.04. The van der Waals surface area contributed by atoms with E-state index in [9.17, 15) is 13.2 Å². The van der Waals surface area contributed by atoms with E-state index in [2.05, 4.69) is 12.2 Å². The molecule has 1 saturated heterocycles. The number of amides is 1. The molecule has 0 saturated carbocycles. The fourth-order valence-corrected chi connectivity index (χ4v) is 5.29. The van der Waals surface area contributed by atoms with E-state index in [1.54, 1.807) is 23.1 Å². The van der Waals surface area contributed by atoms with Gasteiger partial charge >= 0.3 is 0 Å². The maximum absolute atomic E-state index is 13.0. The number of nitrogens with zero attached hydrogens (tertiary/aromatic N) is 2. The van der Waals surface area contributed by atoms with Crippen LogP contribution in [0.5, 0.6) is 11.5 Å². The number of piperazine rings is 1. The molecule has 1 amide bonds. The molecule has 0 unspecified atom stereocenters. The van der Waals surface area contributed by atoms with Crippen molar-refractivity contribution in [2.45, 2.75) is 30.6 Å². The standard InChI is InChI=1S/C20H26N2O5S/c23-20(14-16-4-1-2-5-16)21-8-10-22(11-9-21)28(24,25)17-6-7-18-19(15-17)27-13-3-12-26-18/h1,4,6-7,15-16H,2-3,5,8-14H2/t16-/m1/s1. The Kier molecular flexibility index (Phi) is 5.59. The van der Waals surface area contributed by atoms with Gasteiger partial charge in [-0.2, -0.15) is 4.31 Å². The molecule has 1 aliphatic carbocycles. The van der Waals surface area contributed by atoms with E-state index >= 15 is 0 Å². The highest BCUT2D eigenvalue weighted by Crippen LogP contribution is 2.33. The summed E-state index contributed by atoms with van der Waals surface area (Å²) in [6, 6.07) is 4.76. The number of fused-ring (bicyclic) bond motifs is 1. The lowest BCUT2D eigenvalue weighted by atomic mass is 10.0. The minimum absolute atomic E-state index is 0.115. The molecule has 1 aromatic carbocycles. The molecule has 2 heterocycles. The third-order valence-electron chi connectivity index (χ3n) is 5.50. The molecule has 152 valence electrons. The average molecular weight is 407 g/mol. The molecule has 2 aliphatic heterocycles. The molecule has 0 N–H and O–H groups in total. The lowest BCUT2D eigenvalue weighted by Crippen LogP contribution is -2.50. The summed E-state index contributed by atoms with van der Waals surface area (Å²) in [5.74, 6) is 1.49. The summed E-state index contributed by atoms with van der Waals surface area (Å²) in [6.45, 7) is 2.54. The molecule has 0 bridgehead atoms. The summed E-state index contributed by atoms with van der Waals surface area (Å²) >= 11 is 0. The number of carbonyl (C=O) groups is 1. The van der Waals surface area contributed by atoms with Crippen molar-refractivity contribution in [2.24, 2.45) is 5.92 Å². The first-order chi connectivity index (χ1) is 13.5. The topological polar surface area (TPSA) is 76.2 Å². The zero-order valence-electron chi connectivity index (χ0n) is 15.9. The third-order valence-corrected chi connectivity index (χ3v) is 7.39. The fourth-order valence-electron chi connectivity index (χ4n) is 3.85. The van der Waals surface area contributed by atoms with Crippen LogP contribution in [0.2, 0.25) is 0 Å². The Balaban J connectivity index is 1.40. The van der Waals surface area contributed by atoms with Gasteiger partial charge in [0, 0.05) is 45.1 Å². The summed E-state index contributed by atoms with van der Waals surface area (Å²) in [6.07, 6.45) is 7.60. The zero-order chi connectivity index (χ0) is 19.6.